The van der Waals surface area contributed by atoms with Gasteiger partial charge in [0, 0.05) is 11.1 Å². The molecule has 0 N–H and O–H groups in total. The first-order valence-corrected chi connectivity index (χ1v) is 9.24. The van der Waals surface area contributed by atoms with Gasteiger partial charge in [-0.1, -0.05) is 12.1 Å². The van der Waals surface area contributed by atoms with Gasteiger partial charge < -0.3 is 23.7 Å². The van der Waals surface area contributed by atoms with E-state index in [9.17, 15) is 4.79 Å². The Morgan fingerprint density at radius 2 is 1.72 bits per heavy atom. The van der Waals surface area contributed by atoms with Gasteiger partial charge >= 0.3 is 5.97 Å². The first kappa shape index (κ1) is 20.3. The highest BCUT2D eigenvalue weighted by Crippen LogP contribution is 2.34. The van der Waals surface area contributed by atoms with Crippen molar-refractivity contribution in [2.45, 2.75) is 13.8 Å². The molecule has 1 heterocycles. The van der Waals surface area contributed by atoms with Crippen molar-refractivity contribution in [3.05, 3.63) is 53.2 Å². The number of cyclic esters (lactones) is 1. The molecule has 0 radical (unpaired) electrons. The minimum atomic E-state index is -0.545. The molecule has 152 valence electrons. The predicted molar refractivity (Wildman–Crippen MR) is 109 cm³/mol. The Balaban J connectivity index is 1.96. The fraction of sp³-hybridized carbons (Fsp3) is 0.273. The van der Waals surface area contributed by atoms with Crippen LogP contribution in [0.15, 0.2) is 47.1 Å². The Hall–Kier alpha value is -3.48. The third-order valence-corrected chi connectivity index (χ3v) is 4.14. The maximum absolute atomic E-state index is 12.4. The Morgan fingerprint density at radius 1 is 0.966 bits per heavy atom. The van der Waals surface area contributed by atoms with Crippen LogP contribution in [0.1, 0.15) is 25.0 Å². The van der Waals surface area contributed by atoms with E-state index in [1.54, 1.807) is 49.6 Å². The zero-order valence-corrected chi connectivity index (χ0v) is 16.9. The van der Waals surface area contributed by atoms with Crippen LogP contribution in [0, 0.1) is 0 Å². The van der Waals surface area contributed by atoms with Gasteiger partial charge in [-0.2, -0.15) is 0 Å². The van der Waals surface area contributed by atoms with E-state index in [0.29, 0.717) is 47.3 Å². The Kier molecular flexibility index (Phi) is 6.39. The van der Waals surface area contributed by atoms with Crippen LogP contribution >= 0.6 is 0 Å². The van der Waals surface area contributed by atoms with Crippen molar-refractivity contribution in [3.8, 4) is 23.0 Å². The lowest BCUT2D eigenvalue weighted by molar-refractivity contribution is -0.129. The number of benzene rings is 2. The number of rotatable bonds is 8. The van der Waals surface area contributed by atoms with Crippen molar-refractivity contribution in [1.29, 1.82) is 0 Å². The highest BCUT2D eigenvalue weighted by molar-refractivity contribution is 6.13. The van der Waals surface area contributed by atoms with Gasteiger partial charge in [-0.3, -0.25) is 0 Å². The number of methoxy groups -OCH3 is 2. The molecule has 0 atom stereocenters. The second-order valence-corrected chi connectivity index (χ2v) is 5.95. The fourth-order valence-corrected chi connectivity index (χ4v) is 2.89. The number of esters is 1. The summed E-state index contributed by atoms with van der Waals surface area (Å²) >= 11 is 0. The summed E-state index contributed by atoms with van der Waals surface area (Å²) in [4.78, 5) is 16.7. The van der Waals surface area contributed by atoms with Crippen LogP contribution in [0.3, 0.4) is 0 Å². The van der Waals surface area contributed by atoms with E-state index in [1.807, 2.05) is 13.8 Å². The van der Waals surface area contributed by atoms with Crippen LogP contribution in [0.4, 0.5) is 0 Å². The summed E-state index contributed by atoms with van der Waals surface area (Å²) in [5.41, 5.74) is 1.44. The quantitative estimate of drug-likeness (QED) is 0.498. The molecule has 0 bridgehead atoms. The van der Waals surface area contributed by atoms with Crippen LogP contribution in [0.5, 0.6) is 23.0 Å². The average Bonchev–Trinajstić information content (AvgIpc) is 3.09. The predicted octanol–water partition coefficient (Wildman–Crippen LogP) is 3.85. The maximum Gasteiger partial charge on any atom is 0.363 e. The molecule has 7 heteroatoms. The van der Waals surface area contributed by atoms with E-state index >= 15 is 0 Å². The Bertz CT molecular complexity index is 964. The number of para-hydroxylation sites is 1. The highest BCUT2D eigenvalue weighted by Gasteiger charge is 2.26. The van der Waals surface area contributed by atoms with Crippen molar-refractivity contribution < 1.29 is 28.5 Å². The summed E-state index contributed by atoms with van der Waals surface area (Å²) in [6.07, 6.45) is 1.61. The molecule has 29 heavy (non-hydrogen) atoms. The summed E-state index contributed by atoms with van der Waals surface area (Å²) in [6, 6.07) is 10.7. The molecule has 0 amide bonds. The number of carbonyl (C=O) groups excluding carboxylic acids is 1. The third kappa shape index (κ3) is 4.34. The van der Waals surface area contributed by atoms with Crippen LogP contribution in [0.25, 0.3) is 6.08 Å². The van der Waals surface area contributed by atoms with Crippen molar-refractivity contribution in [2.24, 2.45) is 4.99 Å². The maximum atomic E-state index is 12.4. The van der Waals surface area contributed by atoms with Gasteiger partial charge in [0.15, 0.2) is 28.7 Å². The molecule has 0 spiro atoms. The molecule has 2 aromatic carbocycles. The molecule has 0 fully saturated rings. The van der Waals surface area contributed by atoms with Crippen LogP contribution < -0.4 is 18.9 Å². The first-order chi connectivity index (χ1) is 14.1. The van der Waals surface area contributed by atoms with Crippen molar-refractivity contribution in [1.82, 2.24) is 0 Å². The lowest BCUT2D eigenvalue weighted by atomic mass is 10.1. The van der Waals surface area contributed by atoms with Gasteiger partial charge in [0.2, 0.25) is 5.90 Å². The minimum absolute atomic E-state index is 0.165. The number of carbonyl (C=O) groups is 1. The van der Waals surface area contributed by atoms with Crippen molar-refractivity contribution in [3.63, 3.8) is 0 Å². The number of nitrogens with zero attached hydrogens (tertiary/aromatic N) is 1. The molecule has 0 saturated carbocycles. The SMILES string of the molecule is CCOc1ccc(C2=N/C(=C/c3cccc(OC)c3OC)C(=O)O2)cc1OCC. The standard InChI is InChI=1S/C22H23NO6/c1-5-27-17-11-10-15(13-19(17)28-6-2)21-23-16(22(24)29-21)12-14-8-7-9-18(25-3)20(14)26-4/h7-13H,5-6H2,1-4H3/b16-12+. The van der Waals surface area contributed by atoms with Gasteiger partial charge in [0.1, 0.15) is 0 Å². The summed E-state index contributed by atoms with van der Waals surface area (Å²) in [7, 11) is 3.09. The van der Waals surface area contributed by atoms with Crippen LogP contribution in [-0.4, -0.2) is 39.3 Å². The molecule has 7 nitrogen and oxygen atoms in total. The lowest BCUT2D eigenvalue weighted by Crippen LogP contribution is -2.06. The molecule has 0 aromatic heterocycles. The van der Waals surface area contributed by atoms with Gasteiger partial charge in [-0.25, -0.2) is 9.79 Å². The average molecular weight is 397 g/mol. The monoisotopic (exact) mass is 397 g/mol. The smallest absolute Gasteiger partial charge is 0.363 e. The number of hydrogen-bond donors (Lipinski definition) is 0. The van der Waals surface area contributed by atoms with Gasteiger partial charge in [-0.05, 0) is 44.2 Å². The summed E-state index contributed by atoms with van der Waals surface area (Å²) in [6.45, 7) is 4.79. The van der Waals surface area contributed by atoms with Gasteiger partial charge in [0.05, 0.1) is 27.4 Å². The van der Waals surface area contributed by atoms with Crippen molar-refractivity contribution in [2.75, 3.05) is 27.4 Å². The van der Waals surface area contributed by atoms with Crippen LogP contribution in [-0.2, 0) is 9.53 Å². The molecule has 1 aliphatic rings. The molecular weight excluding hydrogens is 374 g/mol. The number of aliphatic imine (C=N–C) groups is 1. The third-order valence-electron chi connectivity index (χ3n) is 4.14. The molecule has 2 aromatic rings. The molecular formula is C22H23NO6. The molecule has 1 aliphatic heterocycles. The Labute approximate surface area is 169 Å². The normalized spacial score (nSPS) is 14.4. The zero-order valence-electron chi connectivity index (χ0n) is 16.9. The fourth-order valence-electron chi connectivity index (χ4n) is 2.89. The summed E-state index contributed by atoms with van der Waals surface area (Å²) in [5.74, 6) is 1.92. The van der Waals surface area contributed by atoms with E-state index in [4.69, 9.17) is 23.7 Å². The van der Waals surface area contributed by atoms with E-state index in [-0.39, 0.29) is 11.6 Å². The van der Waals surface area contributed by atoms with Crippen molar-refractivity contribution >= 4 is 17.9 Å². The number of ether oxygens (including phenoxy) is 5. The Morgan fingerprint density at radius 3 is 2.41 bits per heavy atom. The zero-order chi connectivity index (χ0) is 20.8. The van der Waals surface area contributed by atoms with Gasteiger partial charge in [-0.15, -0.1) is 0 Å². The largest absolute Gasteiger partial charge is 0.493 e. The second kappa shape index (κ2) is 9.14. The van der Waals surface area contributed by atoms with Crippen LogP contribution in [0.2, 0.25) is 0 Å². The summed E-state index contributed by atoms with van der Waals surface area (Å²) in [5, 5.41) is 0. The topological polar surface area (TPSA) is 75.6 Å². The van der Waals surface area contributed by atoms with E-state index in [1.165, 1.54) is 7.11 Å². The summed E-state index contributed by atoms with van der Waals surface area (Å²) < 4.78 is 27.3. The molecule has 0 unspecified atom stereocenters. The van der Waals surface area contributed by atoms with E-state index in [0.717, 1.165) is 0 Å². The number of hydrogen-bond acceptors (Lipinski definition) is 7. The molecule has 0 aliphatic carbocycles. The van der Waals surface area contributed by atoms with E-state index in [2.05, 4.69) is 4.99 Å². The molecule has 3 rings (SSSR count). The minimum Gasteiger partial charge on any atom is -0.493 e. The van der Waals surface area contributed by atoms with Gasteiger partial charge in [0.25, 0.3) is 0 Å². The second-order valence-electron chi connectivity index (χ2n) is 5.95. The lowest BCUT2D eigenvalue weighted by Gasteiger charge is -2.11. The highest BCUT2D eigenvalue weighted by atomic mass is 16.6. The molecule has 0 saturated heterocycles. The van der Waals surface area contributed by atoms with E-state index < -0.39 is 5.97 Å². The first-order valence-electron chi connectivity index (χ1n) is 9.24.